The third kappa shape index (κ3) is 2.82. The number of halogens is 1. The summed E-state index contributed by atoms with van der Waals surface area (Å²) < 4.78 is 5.79. The van der Waals surface area contributed by atoms with Gasteiger partial charge in [-0.15, -0.1) is 0 Å². The van der Waals surface area contributed by atoms with E-state index in [4.69, 9.17) is 21.6 Å². The molecule has 0 atom stereocenters. The van der Waals surface area contributed by atoms with Crippen LogP contribution in [0.15, 0.2) is 42.5 Å². The summed E-state index contributed by atoms with van der Waals surface area (Å²) >= 11 is 5.94. The van der Waals surface area contributed by atoms with Crippen molar-refractivity contribution in [1.29, 1.82) is 5.26 Å². The van der Waals surface area contributed by atoms with Crippen molar-refractivity contribution in [3.63, 3.8) is 0 Å². The Morgan fingerprint density at radius 2 is 2.00 bits per heavy atom. The molecule has 2 aromatic carbocycles. The lowest BCUT2D eigenvalue weighted by Gasteiger charge is -2.10. The minimum atomic E-state index is 0.492. The van der Waals surface area contributed by atoms with Crippen LogP contribution in [-0.4, -0.2) is 0 Å². The minimum Gasteiger partial charge on any atom is -0.457 e. The predicted molar refractivity (Wildman–Crippen MR) is 72.1 cm³/mol. The Hall–Kier alpha value is -1.98. The topological polar surface area (TPSA) is 33.0 Å². The van der Waals surface area contributed by atoms with E-state index in [-0.39, 0.29) is 0 Å². The summed E-state index contributed by atoms with van der Waals surface area (Å²) in [7, 11) is 0. The summed E-state index contributed by atoms with van der Waals surface area (Å²) in [6.07, 6.45) is 0.891. The summed E-state index contributed by atoms with van der Waals surface area (Å²) in [5.74, 6) is 1.38. The van der Waals surface area contributed by atoms with Crippen LogP contribution >= 0.6 is 11.6 Å². The average Bonchev–Trinajstić information content (AvgIpc) is 2.38. The van der Waals surface area contributed by atoms with Crippen molar-refractivity contribution < 1.29 is 4.74 Å². The fourth-order valence-electron chi connectivity index (χ4n) is 1.71. The van der Waals surface area contributed by atoms with Gasteiger partial charge < -0.3 is 4.74 Å². The van der Waals surface area contributed by atoms with E-state index >= 15 is 0 Å². The number of nitrogens with zero attached hydrogens (tertiary/aromatic N) is 1. The number of para-hydroxylation sites is 1. The molecular weight excluding hydrogens is 246 g/mol. The summed E-state index contributed by atoms with van der Waals surface area (Å²) in [6.45, 7) is 2.07. The van der Waals surface area contributed by atoms with Gasteiger partial charge in [-0.1, -0.05) is 36.7 Å². The Morgan fingerprint density at radius 3 is 2.72 bits per heavy atom. The Balaban J connectivity index is 2.34. The van der Waals surface area contributed by atoms with Crippen LogP contribution in [0.3, 0.4) is 0 Å². The first-order valence-electron chi connectivity index (χ1n) is 5.69. The van der Waals surface area contributed by atoms with E-state index in [1.54, 1.807) is 18.2 Å². The molecule has 2 nitrogen and oxygen atoms in total. The second-order valence-electron chi connectivity index (χ2n) is 3.85. The third-order valence-corrected chi connectivity index (χ3v) is 2.80. The summed E-state index contributed by atoms with van der Waals surface area (Å²) in [4.78, 5) is 0. The number of hydrogen-bond acceptors (Lipinski definition) is 2. The second kappa shape index (κ2) is 5.57. The number of rotatable bonds is 3. The van der Waals surface area contributed by atoms with Crippen LogP contribution in [0, 0.1) is 11.3 Å². The smallest absolute Gasteiger partial charge is 0.130 e. The molecule has 0 unspecified atom stereocenters. The molecule has 90 valence electrons. The fraction of sp³-hybridized carbons (Fsp3) is 0.133. The van der Waals surface area contributed by atoms with Gasteiger partial charge in [-0.25, -0.2) is 0 Å². The number of hydrogen-bond donors (Lipinski definition) is 0. The van der Waals surface area contributed by atoms with Crippen molar-refractivity contribution in [1.82, 2.24) is 0 Å². The Bertz CT molecular complexity index is 602. The van der Waals surface area contributed by atoms with E-state index in [0.717, 1.165) is 17.7 Å². The van der Waals surface area contributed by atoms with Gasteiger partial charge >= 0.3 is 0 Å². The number of benzene rings is 2. The first kappa shape index (κ1) is 12.5. The maximum Gasteiger partial charge on any atom is 0.130 e. The van der Waals surface area contributed by atoms with Crippen molar-refractivity contribution >= 4 is 11.6 Å². The molecule has 18 heavy (non-hydrogen) atoms. The second-order valence-corrected chi connectivity index (χ2v) is 4.29. The normalized spacial score (nSPS) is 9.83. The molecule has 0 heterocycles. The van der Waals surface area contributed by atoms with Crippen molar-refractivity contribution in [3.05, 3.63) is 58.6 Å². The molecule has 0 saturated carbocycles. The van der Waals surface area contributed by atoms with Crippen LogP contribution in [0.2, 0.25) is 5.02 Å². The standard InChI is InChI=1S/C15H12ClNO/c1-2-12-5-3-4-6-15(12)18-14-8-11(10-17)7-13(16)9-14/h3-9H,2H2,1H3. The van der Waals surface area contributed by atoms with Crippen molar-refractivity contribution in [2.24, 2.45) is 0 Å². The summed E-state index contributed by atoms with van der Waals surface area (Å²) in [5, 5.41) is 9.39. The predicted octanol–water partition coefficient (Wildman–Crippen LogP) is 4.57. The van der Waals surface area contributed by atoms with E-state index in [0.29, 0.717) is 16.3 Å². The van der Waals surface area contributed by atoms with E-state index in [2.05, 4.69) is 13.0 Å². The summed E-state index contributed by atoms with van der Waals surface area (Å²) in [5.41, 5.74) is 1.61. The molecule has 0 bridgehead atoms. The molecule has 0 aromatic heterocycles. The first-order chi connectivity index (χ1) is 8.72. The fourth-order valence-corrected chi connectivity index (χ4v) is 1.93. The Morgan fingerprint density at radius 1 is 1.22 bits per heavy atom. The molecule has 3 heteroatoms. The zero-order chi connectivity index (χ0) is 13.0. The van der Waals surface area contributed by atoms with Gasteiger partial charge in [0.15, 0.2) is 0 Å². The molecule has 0 spiro atoms. The van der Waals surface area contributed by atoms with Crippen LogP contribution in [0.4, 0.5) is 0 Å². The minimum absolute atomic E-state index is 0.492. The van der Waals surface area contributed by atoms with E-state index in [1.165, 1.54) is 0 Å². The van der Waals surface area contributed by atoms with Crippen LogP contribution in [0.1, 0.15) is 18.1 Å². The van der Waals surface area contributed by atoms with Crippen LogP contribution in [0.25, 0.3) is 0 Å². The maximum absolute atomic E-state index is 8.89. The first-order valence-corrected chi connectivity index (χ1v) is 6.07. The number of ether oxygens (including phenoxy) is 1. The van der Waals surface area contributed by atoms with E-state index in [1.807, 2.05) is 24.3 Å². The van der Waals surface area contributed by atoms with Gasteiger partial charge in [0, 0.05) is 5.02 Å². The lowest BCUT2D eigenvalue weighted by molar-refractivity contribution is 0.477. The average molecular weight is 258 g/mol. The quantitative estimate of drug-likeness (QED) is 0.807. The van der Waals surface area contributed by atoms with Crippen LogP contribution in [0.5, 0.6) is 11.5 Å². The van der Waals surface area contributed by atoms with Gasteiger partial charge in [-0.3, -0.25) is 0 Å². The maximum atomic E-state index is 8.89. The highest BCUT2D eigenvalue weighted by atomic mass is 35.5. The molecule has 2 aromatic rings. The van der Waals surface area contributed by atoms with Crippen molar-refractivity contribution in [2.75, 3.05) is 0 Å². The van der Waals surface area contributed by atoms with Gasteiger partial charge in [-0.05, 0) is 36.2 Å². The lowest BCUT2D eigenvalue weighted by atomic mass is 10.1. The van der Waals surface area contributed by atoms with Gasteiger partial charge in [0.05, 0.1) is 11.6 Å². The molecule has 0 N–H and O–H groups in total. The van der Waals surface area contributed by atoms with Gasteiger partial charge in [0.1, 0.15) is 11.5 Å². The zero-order valence-electron chi connectivity index (χ0n) is 9.98. The highest BCUT2D eigenvalue weighted by Crippen LogP contribution is 2.28. The largest absolute Gasteiger partial charge is 0.457 e. The molecule has 0 amide bonds. The molecule has 0 aliphatic rings. The van der Waals surface area contributed by atoms with E-state index < -0.39 is 0 Å². The molecule has 2 rings (SSSR count). The molecule has 0 fully saturated rings. The van der Waals surface area contributed by atoms with Gasteiger partial charge in [0.2, 0.25) is 0 Å². The molecule has 0 radical (unpaired) electrons. The highest BCUT2D eigenvalue weighted by molar-refractivity contribution is 6.30. The van der Waals surface area contributed by atoms with E-state index in [9.17, 15) is 0 Å². The van der Waals surface area contributed by atoms with Gasteiger partial charge in [0.25, 0.3) is 0 Å². The van der Waals surface area contributed by atoms with Gasteiger partial charge in [-0.2, -0.15) is 5.26 Å². The SMILES string of the molecule is CCc1ccccc1Oc1cc(Cl)cc(C#N)c1. The van der Waals surface area contributed by atoms with Crippen molar-refractivity contribution in [3.8, 4) is 17.6 Å². The lowest BCUT2D eigenvalue weighted by Crippen LogP contribution is -1.90. The highest BCUT2D eigenvalue weighted by Gasteiger charge is 2.05. The Kier molecular flexibility index (Phi) is 3.86. The summed E-state index contributed by atoms with van der Waals surface area (Å²) in [6, 6.07) is 14.9. The molecule has 0 aliphatic carbocycles. The van der Waals surface area contributed by atoms with Crippen LogP contribution in [-0.2, 0) is 6.42 Å². The van der Waals surface area contributed by atoms with Crippen LogP contribution < -0.4 is 4.74 Å². The third-order valence-electron chi connectivity index (χ3n) is 2.58. The zero-order valence-corrected chi connectivity index (χ0v) is 10.7. The molecule has 0 saturated heterocycles. The Labute approximate surface area is 111 Å². The number of nitriles is 1. The monoisotopic (exact) mass is 257 g/mol. The number of aryl methyl sites for hydroxylation is 1. The molecular formula is C15H12ClNO. The molecule has 0 aliphatic heterocycles. The van der Waals surface area contributed by atoms with Crippen molar-refractivity contribution in [2.45, 2.75) is 13.3 Å².